The largest absolute Gasteiger partial charge is 0.492 e. The van der Waals surface area contributed by atoms with Gasteiger partial charge >= 0.3 is 11.9 Å². The van der Waals surface area contributed by atoms with Crippen molar-refractivity contribution in [2.75, 3.05) is 26.1 Å². The third-order valence-electron chi connectivity index (χ3n) is 7.16. The van der Waals surface area contributed by atoms with E-state index in [0.29, 0.717) is 28.8 Å². The lowest BCUT2D eigenvalue weighted by molar-refractivity contribution is -0.159. The van der Waals surface area contributed by atoms with Gasteiger partial charge in [0, 0.05) is 16.4 Å². The number of carbonyl (C=O) groups is 2. The summed E-state index contributed by atoms with van der Waals surface area (Å²) in [7, 11) is 0. The molecule has 0 fully saturated rings. The number of hydrogen-bond acceptors (Lipinski definition) is 7. The van der Waals surface area contributed by atoms with E-state index < -0.39 is 28.9 Å². The minimum atomic E-state index is -2.99. The van der Waals surface area contributed by atoms with Gasteiger partial charge in [0.2, 0.25) is 0 Å². The van der Waals surface area contributed by atoms with Crippen LogP contribution in [-0.2, 0) is 24.5 Å². The fraction of sp³-hybridized carbons (Fsp3) is 0.613. The maximum atomic E-state index is 16.9. The number of rotatable bonds is 13. The van der Waals surface area contributed by atoms with Crippen molar-refractivity contribution in [3.63, 3.8) is 0 Å². The zero-order valence-corrected chi connectivity index (χ0v) is 27.7. The smallest absolute Gasteiger partial charge is 0.359 e. The summed E-state index contributed by atoms with van der Waals surface area (Å²) in [5.41, 5.74) is 9.84. The van der Waals surface area contributed by atoms with E-state index in [1.807, 2.05) is 19.9 Å². The van der Waals surface area contributed by atoms with Crippen molar-refractivity contribution in [2.45, 2.75) is 90.6 Å². The van der Waals surface area contributed by atoms with Crippen LogP contribution in [0.2, 0.25) is 0 Å². The molecule has 2 rings (SSSR count). The van der Waals surface area contributed by atoms with Gasteiger partial charge in [-0.15, -0.1) is 0 Å². The van der Waals surface area contributed by atoms with E-state index in [0.717, 1.165) is 23.1 Å². The fourth-order valence-electron chi connectivity index (χ4n) is 5.36. The first kappa shape index (κ1) is 34.4. The molecule has 224 valence electrons. The Morgan fingerprint density at radius 2 is 1.80 bits per heavy atom. The molecule has 1 aliphatic rings. The topological polar surface area (TPSA) is 87.9 Å². The number of fused-ring (bicyclic) bond motifs is 1. The molecule has 0 bridgehead atoms. The maximum absolute atomic E-state index is 16.9. The number of ether oxygens (including phenoxy) is 3. The highest BCUT2D eigenvalue weighted by atomic mass is 79.9. The Kier molecular flexibility index (Phi) is 12.3. The lowest BCUT2D eigenvalue weighted by atomic mass is 9.69. The van der Waals surface area contributed by atoms with Gasteiger partial charge in [-0.25, -0.2) is 14.0 Å². The Hall–Kier alpha value is -1.84. The van der Waals surface area contributed by atoms with Crippen molar-refractivity contribution in [3.8, 4) is 5.75 Å². The number of nitrogens with two attached hydrogens (primary N) is 1. The Morgan fingerprint density at radius 3 is 2.30 bits per heavy atom. The average Bonchev–Trinajstić information content (AvgIpc) is 2.87. The molecule has 0 heterocycles. The second-order valence-electron chi connectivity index (χ2n) is 10.8. The van der Waals surface area contributed by atoms with Crippen molar-refractivity contribution in [2.24, 2.45) is 11.7 Å². The first-order chi connectivity index (χ1) is 18.7. The fourth-order valence-corrected chi connectivity index (χ4v) is 7.51. The first-order valence-corrected chi connectivity index (χ1v) is 16.1. The van der Waals surface area contributed by atoms with Crippen molar-refractivity contribution in [1.82, 2.24) is 0 Å². The molecule has 1 aliphatic carbocycles. The molecule has 1 aromatic carbocycles. The Labute approximate surface area is 251 Å². The number of allylic oxidation sites excluding steroid dienone is 3. The third-order valence-corrected chi connectivity index (χ3v) is 8.95. The Balaban J connectivity index is 3.09. The standard InChI is InChI=1S/C31H45BrFNO5S/c1-10-14-20(28(35)38-12-3)27(40-9)24(31(33,34)29(36)39-13-4)22-17-21-19(18(5)6)15-16-30(7,8)23(21)25(32)26(22)37-11-2/h14-15,17-18,24,27H,10-13,16,34H2,1-9H3/b20-14-. The Bertz CT molecular complexity index is 1150. The van der Waals surface area contributed by atoms with E-state index in [9.17, 15) is 9.59 Å². The molecule has 0 spiro atoms. The number of carbonyl (C=O) groups excluding carboxylic acids is 2. The van der Waals surface area contributed by atoms with E-state index >= 15 is 4.39 Å². The third kappa shape index (κ3) is 6.96. The van der Waals surface area contributed by atoms with Crippen LogP contribution < -0.4 is 10.5 Å². The molecule has 0 aliphatic heterocycles. The van der Waals surface area contributed by atoms with Crippen LogP contribution in [0.4, 0.5) is 4.39 Å². The van der Waals surface area contributed by atoms with E-state index in [1.54, 1.807) is 26.2 Å². The van der Waals surface area contributed by atoms with E-state index in [2.05, 4.69) is 49.7 Å². The molecular formula is C31H45BrFNO5S. The molecule has 3 unspecified atom stereocenters. The van der Waals surface area contributed by atoms with Gasteiger partial charge in [0.05, 0.1) is 30.2 Å². The highest BCUT2D eigenvalue weighted by molar-refractivity contribution is 9.10. The number of alkyl halides is 1. The lowest BCUT2D eigenvalue weighted by Gasteiger charge is -2.39. The highest BCUT2D eigenvalue weighted by Gasteiger charge is 2.52. The maximum Gasteiger partial charge on any atom is 0.359 e. The van der Waals surface area contributed by atoms with Crippen molar-refractivity contribution >= 4 is 45.2 Å². The number of hydrogen-bond donors (Lipinski definition) is 1. The number of benzene rings is 1. The molecule has 9 heteroatoms. The van der Waals surface area contributed by atoms with Crippen LogP contribution in [0.5, 0.6) is 5.75 Å². The molecule has 0 saturated carbocycles. The van der Waals surface area contributed by atoms with Crippen molar-refractivity contribution in [3.05, 3.63) is 45.0 Å². The molecule has 0 saturated heterocycles. The van der Waals surface area contributed by atoms with Crippen LogP contribution >= 0.6 is 27.7 Å². The summed E-state index contributed by atoms with van der Waals surface area (Å²) in [6.07, 6.45) is 7.03. The summed E-state index contributed by atoms with van der Waals surface area (Å²) in [6.45, 7) is 16.0. The molecule has 2 N–H and O–H groups in total. The monoisotopic (exact) mass is 641 g/mol. The average molecular weight is 643 g/mol. The van der Waals surface area contributed by atoms with E-state index in [1.165, 1.54) is 11.8 Å². The van der Waals surface area contributed by atoms with Gasteiger partial charge in [0.1, 0.15) is 5.75 Å². The van der Waals surface area contributed by atoms with Gasteiger partial charge in [-0.2, -0.15) is 11.8 Å². The molecule has 6 nitrogen and oxygen atoms in total. The van der Waals surface area contributed by atoms with Gasteiger partial charge in [-0.3, -0.25) is 5.73 Å². The first-order valence-electron chi connectivity index (χ1n) is 14.0. The molecule has 0 amide bonds. The lowest BCUT2D eigenvalue weighted by Crippen LogP contribution is -2.53. The number of thioether (sulfide) groups is 1. The van der Waals surface area contributed by atoms with Crippen LogP contribution in [0.3, 0.4) is 0 Å². The second kappa shape index (κ2) is 14.4. The molecule has 0 aromatic heterocycles. The van der Waals surface area contributed by atoms with E-state index in [-0.39, 0.29) is 30.1 Å². The second-order valence-corrected chi connectivity index (χ2v) is 12.5. The molecular weight excluding hydrogens is 597 g/mol. The zero-order valence-electron chi connectivity index (χ0n) is 25.3. The summed E-state index contributed by atoms with van der Waals surface area (Å²) >= 11 is 5.05. The van der Waals surface area contributed by atoms with Crippen LogP contribution in [0.15, 0.2) is 28.3 Å². The van der Waals surface area contributed by atoms with Crippen LogP contribution in [0, 0.1) is 5.92 Å². The van der Waals surface area contributed by atoms with E-state index in [4.69, 9.17) is 19.9 Å². The summed E-state index contributed by atoms with van der Waals surface area (Å²) in [6, 6.07) is 1.90. The normalized spacial score (nSPS) is 17.8. The number of esters is 2. The van der Waals surface area contributed by atoms with Gasteiger partial charge < -0.3 is 14.2 Å². The minimum Gasteiger partial charge on any atom is -0.492 e. The minimum absolute atomic E-state index is 0.0471. The van der Waals surface area contributed by atoms with Crippen LogP contribution in [0.1, 0.15) is 90.8 Å². The molecule has 0 radical (unpaired) electrons. The summed E-state index contributed by atoms with van der Waals surface area (Å²) in [4.78, 5) is 26.4. The number of halogens is 2. The predicted octanol–water partition coefficient (Wildman–Crippen LogP) is 7.47. The summed E-state index contributed by atoms with van der Waals surface area (Å²) in [5, 5.41) is -0.884. The van der Waals surface area contributed by atoms with Crippen LogP contribution in [-0.4, -0.2) is 49.1 Å². The Morgan fingerprint density at radius 1 is 1.18 bits per heavy atom. The van der Waals surface area contributed by atoms with Crippen molar-refractivity contribution in [1.29, 1.82) is 0 Å². The van der Waals surface area contributed by atoms with Gasteiger partial charge in [0.15, 0.2) is 0 Å². The quantitative estimate of drug-likeness (QED) is 0.136. The molecule has 40 heavy (non-hydrogen) atoms. The van der Waals surface area contributed by atoms with Gasteiger partial charge in [-0.1, -0.05) is 46.8 Å². The molecule has 1 aromatic rings. The summed E-state index contributed by atoms with van der Waals surface area (Å²) in [5.74, 6) is -5.52. The highest BCUT2D eigenvalue weighted by Crippen LogP contribution is 2.53. The predicted molar refractivity (Wildman–Crippen MR) is 165 cm³/mol. The van der Waals surface area contributed by atoms with Crippen molar-refractivity contribution < 1.29 is 28.2 Å². The summed E-state index contributed by atoms with van der Waals surface area (Å²) < 4.78 is 34.3. The zero-order chi connectivity index (χ0) is 30.4. The van der Waals surface area contributed by atoms with Gasteiger partial charge in [0.25, 0.3) is 5.79 Å². The van der Waals surface area contributed by atoms with Gasteiger partial charge in [-0.05, 0) is 89.9 Å². The molecule has 3 atom stereocenters. The van der Waals surface area contributed by atoms with Crippen LogP contribution in [0.25, 0.3) is 5.57 Å². The SMILES string of the molecule is CC/C=C(\C(=O)OCC)C(SC)C(c1cc2c(c(Br)c1OCC)C(C)(C)CC=C2C(C)C)C(N)(F)C(=O)OCC.